The van der Waals surface area contributed by atoms with Crippen LogP contribution < -0.4 is 0 Å². The summed E-state index contributed by atoms with van der Waals surface area (Å²) in [6.07, 6.45) is 12.6. The molecule has 9 heavy (non-hydrogen) atoms. The third kappa shape index (κ3) is 7.04. The Balaban J connectivity index is 3.50. The second kappa shape index (κ2) is 5.18. The number of hydrogen-bond donors (Lipinski definition) is 0. The van der Waals surface area contributed by atoms with E-state index in [0.717, 1.165) is 0 Å². The molecule has 0 rings (SSSR count). The van der Waals surface area contributed by atoms with Crippen molar-refractivity contribution in [1.29, 1.82) is 0 Å². The molecule has 48 valence electrons. The highest BCUT2D eigenvalue weighted by molar-refractivity contribution is 5.15. The minimum absolute atomic E-state index is 0.604. The molecule has 0 bridgehead atoms. The minimum atomic E-state index is 0.604. The van der Waals surface area contributed by atoms with Crippen molar-refractivity contribution in [3.63, 3.8) is 0 Å². The normalized spacial score (nSPS) is 11.3. The summed E-state index contributed by atoms with van der Waals surface area (Å²) in [7, 11) is 0. The van der Waals surface area contributed by atoms with E-state index in [0.29, 0.717) is 5.92 Å². The summed E-state index contributed by atoms with van der Waals surface area (Å²) in [5.74, 6) is 3.01. The fourth-order valence-electron chi connectivity index (χ4n) is 0.397. The highest BCUT2D eigenvalue weighted by Crippen LogP contribution is 1.92. The standard InChI is InChI=1S/C9H12/c1-4-5-6-7-8-9(2)3/h1,5-9H,2-3H3/b6-5-,8-7-. The zero-order valence-corrected chi connectivity index (χ0v) is 5.96. The lowest BCUT2D eigenvalue weighted by molar-refractivity contribution is 0.832. The molecule has 0 heterocycles. The molecule has 0 aromatic rings. The molecule has 0 amide bonds. The monoisotopic (exact) mass is 120 g/mol. The molecule has 0 nitrogen and oxygen atoms in total. The van der Waals surface area contributed by atoms with Gasteiger partial charge in [-0.1, -0.05) is 38.0 Å². The first-order valence-corrected chi connectivity index (χ1v) is 3.07. The van der Waals surface area contributed by atoms with E-state index in [9.17, 15) is 0 Å². The molecule has 0 aliphatic rings. The van der Waals surface area contributed by atoms with E-state index in [2.05, 4.69) is 25.8 Å². The summed E-state index contributed by atoms with van der Waals surface area (Å²) in [5.41, 5.74) is 0. The summed E-state index contributed by atoms with van der Waals surface area (Å²) in [5, 5.41) is 0. The molecule has 0 unspecified atom stereocenters. The van der Waals surface area contributed by atoms with Crippen molar-refractivity contribution in [2.24, 2.45) is 5.92 Å². The van der Waals surface area contributed by atoms with Crippen molar-refractivity contribution in [2.45, 2.75) is 13.8 Å². The molecule has 0 saturated carbocycles. The molecule has 0 atom stereocenters. The van der Waals surface area contributed by atoms with Gasteiger partial charge in [0, 0.05) is 0 Å². The van der Waals surface area contributed by atoms with Gasteiger partial charge in [0.1, 0.15) is 0 Å². The van der Waals surface area contributed by atoms with Crippen LogP contribution in [0.5, 0.6) is 0 Å². The Morgan fingerprint density at radius 1 is 1.33 bits per heavy atom. The fraction of sp³-hybridized carbons (Fsp3) is 0.333. The molecular weight excluding hydrogens is 108 g/mol. The van der Waals surface area contributed by atoms with Crippen molar-refractivity contribution in [1.82, 2.24) is 0 Å². The van der Waals surface area contributed by atoms with Crippen LogP contribution >= 0.6 is 0 Å². The van der Waals surface area contributed by atoms with Gasteiger partial charge < -0.3 is 0 Å². The number of hydrogen-bond acceptors (Lipinski definition) is 0. The second-order valence-electron chi connectivity index (χ2n) is 2.15. The van der Waals surface area contributed by atoms with Crippen LogP contribution in [0.15, 0.2) is 24.3 Å². The average Bonchev–Trinajstić information content (AvgIpc) is 1.80. The van der Waals surface area contributed by atoms with Gasteiger partial charge in [-0.25, -0.2) is 0 Å². The van der Waals surface area contributed by atoms with Crippen LogP contribution in [-0.4, -0.2) is 0 Å². The Hall–Kier alpha value is -0.960. The van der Waals surface area contributed by atoms with Gasteiger partial charge >= 0.3 is 0 Å². The molecule has 0 fully saturated rings. The maximum absolute atomic E-state index is 4.97. The van der Waals surface area contributed by atoms with E-state index in [1.54, 1.807) is 6.08 Å². The van der Waals surface area contributed by atoms with E-state index >= 15 is 0 Å². The third-order valence-corrected chi connectivity index (χ3v) is 0.800. The number of allylic oxidation sites excluding steroid dienone is 4. The maximum Gasteiger partial charge on any atom is -0.0122 e. The smallest absolute Gasteiger partial charge is 0.0122 e. The lowest BCUT2D eigenvalue weighted by Crippen LogP contribution is -1.74. The Morgan fingerprint density at radius 2 is 2.00 bits per heavy atom. The Bertz CT molecular complexity index is 142. The summed E-state index contributed by atoms with van der Waals surface area (Å²) >= 11 is 0. The molecule has 0 radical (unpaired) electrons. The van der Waals surface area contributed by atoms with Gasteiger partial charge in [-0.3, -0.25) is 0 Å². The summed E-state index contributed by atoms with van der Waals surface area (Å²) in [6.45, 7) is 4.25. The van der Waals surface area contributed by atoms with Crippen LogP contribution in [-0.2, 0) is 0 Å². The topological polar surface area (TPSA) is 0 Å². The van der Waals surface area contributed by atoms with Gasteiger partial charge in [-0.15, -0.1) is 6.42 Å². The van der Waals surface area contributed by atoms with Gasteiger partial charge in [0.05, 0.1) is 0 Å². The fourth-order valence-corrected chi connectivity index (χ4v) is 0.397. The van der Waals surface area contributed by atoms with Gasteiger partial charge in [-0.05, 0) is 12.0 Å². The zero-order chi connectivity index (χ0) is 7.11. The molecule has 0 aromatic carbocycles. The highest BCUT2D eigenvalue weighted by atomic mass is 13.8. The predicted octanol–water partition coefficient (Wildman–Crippen LogP) is 2.39. The largest absolute Gasteiger partial charge is 0.115 e. The van der Waals surface area contributed by atoms with Gasteiger partial charge in [0.2, 0.25) is 0 Å². The minimum Gasteiger partial charge on any atom is -0.115 e. The van der Waals surface area contributed by atoms with E-state index in [4.69, 9.17) is 6.42 Å². The van der Waals surface area contributed by atoms with Crippen LogP contribution in [0.2, 0.25) is 0 Å². The van der Waals surface area contributed by atoms with Gasteiger partial charge in [0.15, 0.2) is 0 Å². The Labute approximate surface area is 57.3 Å². The molecule has 0 saturated heterocycles. The highest BCUT2D eigenvalue weighted by Gasteiger charge is 1.78. The van der Waals surface area contributed by atoms with E-state index in [1.165, 1.54) is 0 Å². The van der Waals surface area contributed by atoms with E-state index in [1.807, 2.05) is 12.2 Å². The third-order valence-electron chi connectivity index (χ3n) is 0.800. The first kappa shape index (κ1) is 8.04. The first-order valence-electron chi connectivity index (χ1n) is 3.07. The molecule has 0 spiro atoms. The van der Waals surface area contributed by atoms with Crippen molar-refractivity contribution < 1.29 is 0 Å². The molecule has 0 heteroatoms. The number of rotatable bonds is 2. The van der Waals surface area contributed by atoms with E-state index in [-0.39, 0.29) is 0 Å². The van der Waals surface area contributed by atoms with Crippen LogP contribution in [0, 0.1) is 18.3 Å². The first-order chi connectivity index (χ1) is 4.27. The summed E-state index contributed by atoms with van der Waals surface area (Å²) in [6, 6.07) is 0. The molecule has 0 aliphatic heterocycles. The Morgan fingerprint density at radius 3 is 2.44 bits per heavy atom. The Kier molecular flexibility index (Phi) is 4.63. The van der Waals surface area contributed by atoms with Crippen LogP contribution in [0.3, 0.4) is 0 Å². The van der Waals surface area contributed by atoms with Crippen LogP contribution in [0.1, 0.15) is 13.8 Å². The van der Waals surface area contributed by atoms with Crippen molar-refractivity contribution in [2.75, 3.05) is 0 Å². The van der Waals surface area contributed by atoms with Gasteiger partial charge in [0.25, 0.3) is 0 Å². The van der Waals surface area contributed by atoms with Gasteiger partial charge in [-0.2, -0.15) is 0 Å². The number of terminal acetylenes is 1. The lowest BCUT2D eigenvalue weighted by atomic mass is 10.2. The zero-order valence-electron chi connectivity index (χ0n) is 5.96. The summed E-state index contributed by atoms with van der Waals surface area (Å²) in [4.78, 5) is 0. The van der Waals surface area contributed by atoms with Crippen LogP contribution in [0.25, 0.3) is 0 Å². The maximum atomic E-state index is 4.97. The predicted molar refractivity (Wildman–Crippen MR) is 42.0 cm³/mol. The second-order valence-corrected chi connectivity index (χ2v) is 2.15. The summed E-state index contributed by atoms with van der Waals surface area (Å²) < 4.78 is 0. The van der Waals surface area contributed by atoms with Crippen LogP contribution in [0.4, 0.5) is 0 Å². The molecule has 0 aromatic heterocycles. The van der Waals surface area contributed by atoms with E-state index < -0.39 is 0 Å². The van der Waals surface area contributed by atoms with Crippen molar-refractivity contribution in [3.8, 4) is 12.3 Å². The average molecular weight is 120 g/mol. The van der Waals surface area contributed by atoms with Crippen molar-refractivity contribution in [3.05, 3.63) is 24.3 Å². The quantitative estimate of drug-likeness (QED) is 0.387. The van der Waals surface area contributed by atoms with Crippen molar-refractivity contribution >= 4 is 0 Å². The molecule has 0 aliphatic carbocycles. The molecule has 0 N–H and O–H groups in total. The SMILES string of the molecule is C#C/C=C\C=C/C(C)C. The molecular formula is C9H12. The lowest BCUT2D eigenvalue weighted by Gasteiger charge is -1.87.